The van der Waals surface area contributed by atoms with Gasteiger partial charge in [-0.3, -0.25) is 4.79 Å². The fraction of sp³-hybridized carbons (Fsp3) is 0.385. The SMILES string of the molecule is CCC(C)C1CN(c2nc3cc(Cl)ccc3o2)CCCN1C(=O)c1cc(C)ccc1-n1nccn1. The Morgan fingerprint density at radius 3 is 2.74 bits per heavy atom. The van der Waals surface area contributed by atoms with Crippen LogP contribution in [0.4, 0.5) is 6.01 Å². The van der Waals surface area contributed by atoms with Crippen LogP contribution in [0.1, 0.15) is 42.6 Å². The Morgan fingerprint density at radius 1 is 1.17 bits per heavy atom. The number of anilines is 1. The summed E-state index contributed by atoms with van der Waals surface area (Å²) in [5.41, 5.74) is 3.76. The molecule has 1 aliphatic rings. The summed E-state index contributed by atoms with van der Waals surface area (Å²) < 4.78 is 6.08. The van der Waals surface area contributed by atoms with E-state index in [1.165, 1.54) is 4.80 Å². The van der Waals surface area contributed by atoms with Gasteiger partial charge in [-0.1, -0.05) is 43.5 Å². The second-order valence-electron chi connectivity index (χ2n) is 9.20. The van der Waals surface area contributed by atoms with Gasteiger partial charge < -0.3 is 14.2 Å². The summed E-state index contributed by atoms with van der Waals surface area (Å²) in [7, 11) is 0. The first kappa shape index (κ1) is 23.4. The van der Waals surface area contributed by atoms with Crippen molar-refractivity contribution in [1.29, 1.82) is 0 Å². The molecule has 1 amide bonds. The number of rotatable bonds is 5. The number of aryl methyl sites for hydroxylation is 1. The monoisotopic (exact) mass is 492 g/mol. The first-order valence-corrected chi connectivity index (χ1v) is 12.4. The van der Waals surface area contributed by atoms with E-state index in [0.29, 0.717) is 41.0 Å². The first-order chi connectivity index (χ1) is 16.9. The maximum absolute atomic E-state index is 14.1. The number of carbonyl (C=O) groups excluding carboxylic acids is 1. The highest BCUT2D eigenvalue weighted by Gasteiger charge is 2.34. The summed E-state index contributed by atoms with van der Waals surface area (Å²) in [6, 6.07) is 11.8. The van der Waals surface area contributed by atoms with Gasteiger partial charge in [-0.2, -0.15) is 20.0 Å². The fourth-order valence-corrected chi connectivity index (χ4v) is 4.88. The van der Waals surface area contributed by atoms with Crippen LogP contribution in [-0.2, 0) is 0 Å². The van der Waals surface area contributed by atoms with Gasteiger partial charge in [-0.15, -0.1) is 0 Å². The largest absolute Gasteiger partial charge is 0.423 e. The molecule has 2 aromatic heterocycles. The van der Waals surface area contributed by atoms with Gasteiger partial charge in [0.05, 0.1) is 29.7 Å². The quantitative estimate of drug-likeness (QED) is 0.384. The maximum atomic E-state index is 14.1. The Bertz CT molecular complexity index is 1340. The molecular formula is C26H29ClN6O2. The van der Waals surface area contributed by atoms with E-state index >= 15 is 0 Å². The maximum Gasteiger partial charge on any atom is 0.298 e. The lowest BCUT2D eigenvalue weighted by molar-refractivity contribution is 0.0637. The number of carbonyl (C=O) groups is 1. The lowest BCUT2D eigenvalue weighted by Crippen LogP contribution is -2.48. The van der Waals surface area contributed by atoms with Crippen LogP contribution in [0, 0.1) is 12.8 Å². The van der Waals surface area contributed by atoms with E-state index < -0.39 is 0 Å². The summed E-state index contributed by atoms with van der Waals surface area (Å²) >= 11 is 6.15. The molecule has 0 spiro atoms. The predicted octanol–water partition coefficient (Wildman–Crippen LogP) is 5.14. The zero-order valence-electron chi connectivity index (χ0n) is 20.2. The third kappa shape index (κ3) is 4.62. The number of oxazole rings is 1. The minimum atomic E-state index is -0.00690. The van der Waals surface area contributed by atoms with E-state index in [1.54, 1.807) is 18.5 Å². The van der Waals surface area contributed by atoms with Crippen LogP contribution in [0.25, 0.3) is 16.8 Å². The van der Waals surface area contributed by atoms with Gasteiger partial charge in [0.2, 0.25) is 0 Å². The van der Waals surface area contributed by atoms with Crippen molar-refractivity contribution in [1.82, 2.24) is 24.9 Å². The molecule has 0 radical (unpaired) electrons. The summed E-state index contributed by atoms with van der Waals surface area (Å²) in [5.74, 6) is 0.284. The molecule has 0 bridgehead atoms. The molecule has 2 unspecified atom stereocenters. The number of amides is 1. The van der Waals surface area contributed by atoms with Gasteiger partial charge in [-0.25, -0.2) is 0 Å². The van der Waals surface area contributed by atoms with Gasteiger partial charge in [0.25, 0.3) is 11.9 Å². The molecule has 8 nitrogen and oxygen atoms in total. The highest BCUT2D eigenvalue weighted by Crippen LogP contribution is 2.29. The Labute approximate surface area is 209 Å². The average Bonchev–Trinajstić information content (AvgIpc) is 3.48. The lowest BCUT2D eigenvalue weighted by Gasteiger charge is -2.35. The van der Waals surface area contributed by atoms with E-state index in [-0.39, 0.29) is 17.9 Å². The highest BCUT2D eigenvalue weighted by atomic mass is 35.5. The van der Waals surface area contributed by atoms with Crippen LogP contribution in [0.3, 0.4) is 0 Å². The molecule has 2 atom stereocenters. The Balaban J connectivity index is 1.49. The fourth-order valence-electron chi connectivity index (χ4n) is 4.71. The van der Waals surface area contributed by atoms with Crippen molar-refractivity contribution in [3.8, 4) is 5.69 Å². The van der Waals surface area contributed by atoms with Crippen LogP contribution in [0.2, 0.25) is 5.02 Å². The molecule has 1 fully saturated rings. The molecule has 9 heteroatoms. The van der Waals surface area contributed by atoms with Crippen molar-refractivity contribution < 1.29 is 9.21 Å². The van der Waals surface area contributed by atoms with Crippen molar-refractivity contribution in [2.45, 2.75) is 39.7 Å². The minimum absolute atomic E-state index is 0.00232. The predicted molar refractivity (Wildman–Crippen MR) is 136 cm³/mol. The van der Waals surface area contributed by atoms with Crippen molar-refractivity contribution in [3.05, 3.63) is 64.9 Å². The standard InChI is InChI=1S/C26H29ClN6O2/c1-4-18(3)23-16-31(26-30-21-15-19(27)7-9-24(21)35-26)12-5-13-32(23)25(34)20-14-17(2)6-8-22(20)33-28-10-11-29-33/h6-11,14-15,18,23H,4-5,12-13,16H2,1-3H3. The van der Waals surface area contributed by atoms with Crippen LogP contribution in [0.5, 0.6) is 0 Å². The minimum Gasteiger partial charge on any atom is -0.423 e. The second kappa shape index (κ2) is 9.70. The molecule has 0 aliphatic carbocycles. The van der Waals surface area contributed by atoms with Crippen LogP contribution >= 0.6 is 11.6 Å². The topological polar surface area (TPSA) is 80.3 Å². The third-order valence-electron chi connectivity index (χ3n) is 6.82. The van der Waals surface area contributed by atoms with Crippen molar-refractivity contribution in [2.24, 2.45) is 5.92 Å². The molecule has 5 rings (SSSR count). The van der Waals surface area contributed by atoms with E-state index in [1.807, 2.05) is 42.2 Å². The molecule has 182 valence electrons. The molecule has 4 aromatic rings. The first-order valence-electron chi connectivity index (χ1n) is 12.0. The molecule has 3 heterocycles. The van der Waals surface area contributed by atoms with E-state index in [2.05, 4.69) is 28.9 Å². The molecule has 35 heavy (non-hydrogen) atoms. The molecule has 1 aliphatic heterocycles. The number of halogens is 1. The molecule has 1 saturated heterocycles. The Morgan fingerprint density at radius 2 is 1.97 bits per heavy atom. The van der Waals surface area contributed by atoms with Crippen LogP contribution < -0.4 is 4.90 Å². The number of aromatic nitrogens is 4. The zero-order chi connectivity index (χ0) is 24.5. The van der Waals surface area contributed by atoms with Crippen molar-refractivity contribution >= 4 is 34.6 Å². The van der Waals surface area contributed by atoms with Gasteiger partial charge in [0.15, 0.2) is 5.58 Å². The molecule has 0 saturated carbocycles. The van der Waals surface area contributed by atoms with Crippen molar-refractivity contribution in [3.63, 3.8) is 0 Å². The zero-order valence-corrected chi connectivity index (χ0v) is 20.9. The van der Waals surface area contributed by atoms with Crippen LogP contribution in [0.15, 0.2) is 53.2 Å². The van der Waals surface area contributed by atoms with Gasteiger partial charge in [0, 0.05) is 24.7 Å². The normalized spacial score (nSPS) is 17.5. The average molecular weight is 493 g/mol. The van der Waals surface area contributed by atoms with Gasteiger partial charge in [-0.05, 0) is 49.6 Å². The number of benzene rings is 2. The molecular weight excluding hydrogens is 464 g/mol. The summed E-state index contributed by atoms with van der Waals surface area (Å²) in [6.45, 7) is 8.40. The van der Waals surface area contributed by atoms with E-state index in [9.17, 15) is 4.79 Å². The van der Waals surface area contributed by atoms with Gasteiger partial charge in [0.1, 0.15) is 5.52 Å². The highest BCUT2D eigenvalue weighted by molar-refractivity contribution is 6.31. The summed E-state index contributed by atoms with van der Waals surface area (Å²) in [5, 5.41) is 9.16. The van der Waals surface area contributed by atoms with E-state index in [0.717, 1.165) is 30.5 Å². The van der Waals surface area contributed by atoms with Gasteiger partial charge >= 0.3 is 0 Å². The number of nitrogens with zero attached hydrogens (tertiary/aromatic N) is 6. The number of hydrogen-bond acceptors (Lipinski definition) is 6. The molecule has 0 N–H and O–H groups in total. The number of fused-ring (bicyclic) bond motifs is 1. The summed E-state index contributed by atoms with van der Waals surface area (Å²) in [4.78, 5) is 24.4. The number of hydrogen-bond donors (Lipinski definition) is 0. The Hall–Kier alpha value is -3.39. The van der Waals surface area contributed by atoms with E-state index in [4.69, 9.17) is 21.0 Å². The lowest BCUT2D eigenvalue weighted by atomic mass is 9.96. The van der Waals surface area contributed by atoms with Crippen LogP contribution in [-0.4, -0.2) is 56.5 Å². The Kier molecular flexibility index (Phi) is 6.47. The summed E-state index contributed by atoms with van der Waals surface area (Å²) in [6.07, 6.45) is 4.99. The smallest absolute Gasteiger partial charge is 0.298 e. The molecule has 2 aromatic carbocycles. The van der Waals surface area contributed by atoms with Crippen molar-refractivity contribution in [2.75, 3.05) is 24.5 Å². The third-order valence-corrected chi connectivity index (χ3v) is 7.06. The second-order valence-corrected chi connectivity index (χ2v) is 9.64.